The Labute approximate surface area is 101 Å². The fourth-order valence-corrected chi connectivity index (χ4v) is 1.66. The third-order valence-corrected chi connectivity index (χ3v) is 2.37. The number of hydrogen-bond donors (Lipinski definition) is 1. The SMILES string of the molecule is COCC(O)COc1c(C)cc(C#N)cc1C. The maximum atomic E-state index is 9.49. The van der Waals surface area contributed by atoms with E-state index in [-0.39, 0.29) is 13.2 Å². The zero-order valence-corrected chi connectivity index (χ0v) is 10.4. The minimum Gasteiger partial charge on any atom is -0.490 e. The molecule has 0 saturated carbocycles. The van der Waals surface area contributed by atoms with Crippen LogP contribution in [0.5, 0.6) is 5.75 Å². The van der Waals surface area contributed by atoms with E-state index in [1.807, 2.05) is 13.8 Å². The fourth-order valence-electron chi connectivity index (χ4n) is 1.66. The zero-order chi connectivity index (χ0) is 12.8. The number of aliphatic hydroxyl groups is 1. The average Bonchev–Trinajstić information content (AvgIpc) is 2.28. The second-order valence-corrected chi connectivity index (χ2v) is 3.97. The van der Waals surface area contributed by atoms with Gasteiger partial charge in [-0.2, -0.15) is 5.26 Å². The molecule has 92 valence electrons. The van der Waals surface area contributed by atoms with Crippen LogP contribution in [0.3, 0.4) is 0 Å². The van der Waals surface area contributed by atoms with Gasteiger partial charge in [0.05, 0.1) is 18.2 Å². The minimum absolute atomic E-state index is 0.182. The summed E-state index contributed by atoms with van der Waals surface area (Å²) in [6.45, 7) is 4.19. The molecular formula is C13H17NO3. The second kappa shape index (κ2) is 6.24. The lowest BCUT2D eigenvalue weighted by molar-refractivity contribution is 0.0322. The summed E-state index contributed by atoms with van der Waals surface area (Å²) in [6, 6.07) is 5.63. The number of methoxy groups -OCH3 is 1. The van der Waals surface area contributed by atoms with Crippen LogP contribution in [0.15, 0.2) is 12.1 Å². The lowest BCUT2D eigenvalue weighted by atomic mass is 10.1. The zero-order valence-electron chi connectivity index (χ0n) is 10.4. The van der Waals surface area contributed by atoms with E-state index in [2.05, 4.69) is 6.07 Å². The molecule has 0 fully saturated rings. The van der Waals surface area contributed by atoms with Crippen LogP contribution in [0.2, 0.25) is 0 Å². The van der Waals surface area contributed by atoms with Crippen LogP contribution in [0.1, 0.15) is 16.7 Å². The van der Waals surface area contributed by atoms with E-state index in [1.165, 1.54) is 7.11 Å². The van der Waals surface area contributed by atoms with Gasteiger partial charge in [-0.3, -0.25) is 0 Å². The van der Waals surface area contributed by atoms with Crippen molar-refractivity contribution in [2.75, 3.05) is 20.3 Å². The first-order chi connectivity index (χ1) is 8.08. The highest BCUT2D eigenvalue weighted by Crippen LogP contribution is 2.24. The van der Waals surface area contributed by atoms with E-state index in [0.717, 1.165) is 16.9 Å². The summed E-state index contributed by atoms with van der Waals surface area (Å²) in [4.78, 5) is 0. The molecule has 4 heteroatoms. The molecule has 17 heavy (non-hydrogen) atoms. The van der Waals surface area contributed by atoms with Crippen LogP contribution >= 0.6 is 0 Å². The Morgan fingerprint density at radius 3 is 2.35 bits per heavy atom. The van der Waals surface area contributed by atoms with Gasteiger partial charge in [-0.05, 0) is 37.1 Å². The summed E-state index contributed by atoms with van der Waals surface area (Å²) < 4.78 is 10.4. The maximum Gasteiger partial charge on any atom is 0.125 e. The quantitative estimate of drug-likeness (QED) is 0.841. The number of hydrogen-bond acceptors (Lipinski definition) is 4. The van der Waals surface area contributed by atoms with Crippen molar-refractivity contribution in [2.45, 2.75) is 20.0 Å². The number of aryl methyl sites for hydroxylation is 2. The first kappa shape index (κ1) is 13.5. The molecule has 0 bridgehead atoms. The van der Waals surface area contributed by atoms with Crippen molar-refractivity contribution < 1.29 is 14.6 Å². The third-order valence-electron chi connectivity index (χ3n) is 2.37. The van der Waals surface area contributed by atoms with E-state index in [0.29, 0.717) is 5.56 Å². The van der Waals surface area contributed by atoms with Gasteiger partial charge in [0, 0.05) is 7.11 Å². The Morgan fingerprint density at radius 1 is 1.29 bits per heavy atom. The minimum atomic E-state index is -0.644. The lowest BCUT2D eigenvalue weighted by Crippen LogP contribution is -2.23. The first-order valence-corrected chi connectivity index (χ1v) is 5.39. The number of ether oxygens (including phenoxy) is 2. The Balaban J connectivity index is 2.75. The molecule has 0 aliphatic heterocycles. The molecule has 0 amide bonds. The highest BCUT2D eigenvalue weighted by molar-refractivity contribution is 5.47. The molecule has 0 radical (unpaired) electrons. The van der Waals surface area contributed by atoms with Crippen LogP contribution in [-0.2, 0) is 4.74 Å². The molecule has 1 unspecified atom stereocenters. The van der Waals surface area contributed by atoms with Crippen molar-refractivity contribution in [3.8, 4) is 11.8 Å². The summed E-state index contributed by atoms with van der Waals surface area (Å²) in [5.41, 5.74) is 2.40. The third kappa shape index (κ3) is 3.74. The van der Waals surface area contributed by atoms with Gasteiger partial charge in [-0.25, -0.2) is 0 Å². The van der Waals surface area contributed by atoms with Crippen molar-refractivity contribution in [1.29, 1.82) is 5.26 Å². The highest BCUT2D eigenvalue weighted by atomic mass is 16.5. The maximum absolute atomic E-state index is 9.49. The molecule has 0 saturated heterocycles. The number of benzene rings is 1. The summed E-state index contributed by atoms with van der Waals surface area (Å²) >= 11 is 0. The molecule has 0 aliphatic carbocycles. The molecule has 1 aromatic carbocycles. The van der Waals surface area contributed by atoms with Crippen LogP contribution in [0.25, 0.3) is 0 Å². The second-order valence-electron chi connectivity index (χ2n) is 3.97. The van der Waals surface area contributed by atoms with E-state index >= 15 is 0 Å². The largest absolute Gasteiger partial charge is 0.490 e. The Bertz CT molecular complexity index is 400. The fraction of sp³-hybridized carbons (Fsp3) is 0.462. The molecular weight excluding hydrogens is 218 g/mol. The van der Waals surface area contributed by atoms with Gasteiger partial charge in [-0.1, -0.05) is 0 Å². The van der Waals surface area contributed by atoms with Gasteiger partial charge in [0.2, 0.25) is 0 Å². The molecule has 0 heterocycles. The average molecular weight is 235 g/mol. The summed E-state index contributed by atoms with van der Waals surface area (Å²) in [5, 5.41) is 18.3. The van der Waals surface area contributed by atoms with Crippen molar-refractivity contribution >= 4 is 0 Å². The van der Waals surface area contributed by atoms with Crippen molar-refractivity contribution in [1.82, 2.24) is 0 Å². The molecule has 0 aromatic heterocycles. The molecule has 1 aromatic rings. The monoisotopic (exact) mass is 235 g/mol. The number of nitriles is 1. The van der Waals surface area contributed by atoms with Gasteiger partial charge >= 0.3 is 0 Å². The number of nitrogens with zero attached hydrogens (tertiary/aromatic N) is 1. The van der Waals surface area contributed by atoms with Crippen LogP contribution < -0.4 is 4.74 Å². The Hall–Kier alpha value is -1.57. The van der Waals surface area contributed by atoms with Gasteiger partial charge in [0.15, 0.2) is 0 Å². The summed E-state index contributed by atoms with van der Waals surface area (Å²) in [5.74, 6) is 0.721. The lowest BCUT2D eigenvalue weighted by Gasteiger charge is -2.15. The van der Waals surface area contributed by atoms with Crippen molar-refractivity contribution in [2.24, 2.45) is 0 Å². The van der Waals surface area contributed by atoms with Crippen molar-refractivity contribution in [3.63, 3.8) is 0 Å². The van der Waals surface area contributed by atoms with Gasteiger partial charge in [-0.15, -0.1) is 0 Å². The van der Waals surface area contributed by atoms with Gasteiger partial charge in [0.25, 0.3) is 0 Å². The number of rotatable bonds is 5. The van der Waals surface area contributed by atoms with E-state index in [9.17, 15) is 5.11 Å². The predicted octanol–water partition coefficient (Wildman–Crippen LogP) is 1.56. The van der Waals surface area contributed by atoms with E-state index < -0.39 is 6.10 Å². The summed E-state index contributed by atoms with van der Waals surface area (Å²) in [7, 11) is 1.53. The highest BCUT2D eigenvalue weighted by Gasteiger charge is 2.09. The van der Waals surface area contributed by atoms with Gasteiger partial charge in [0.1, 0.15) is 18.5 Å². The molecule has 1 atom stereocenters. The topological polar surface area (TPSA) is 62.5 Å². The molecule has 1 rings (SSSR count). The molecule has 4 nitrogen and oxygen atoms in total. The van der Waals surface area contributed by atoms with Crippen LogP contribution in [0, 0.1) is 25.2 Å². The Morgan fingerprint density at radius 2 is 1.88 bits per heavy atom. The standard InChI is InChI=1S/C13H17NO3/c1-9-4-11(6-14)5-10(2)13(9)17-8-12(15)7-16-3/h4-5,12,15H,7-8H2,1-3H3. The van der Waals surface area contributed by atoms with Crippen LogP contribution in [0.4, 0.5) is 0 Å². The normalized spacial score (nSPS) is 11.9. The first-order valence-electron chi connectivity index (χ1n) is 5.39. The van der Waals surface area contributed by atoms with E-state index in [1.54, 1.807) is 12.1 Å². The molecule has 0 spiro atoms. The van der Waals surface area contributed by atoms with E-state index in [4.69, 9.17) is 14.7 Å². The Kier molecular flexibility index (Phi) is 4.95. The number of aliphatic hydroxyl groups excluding tert-OH is 1. The smallest absolute Gasteiger partial charge is 0.125 e. The summed E-state index contributed by atoms with van der Waals surface area (Å²) in [6.07, 6.45) is -0.644. The van der Waals surface area contributed by atoms with Crippen LogP contribution in [-0.4, -0.2) is 31.5 Å². The predicted molar refractivity (Wildman–Crippen MR) is 64.0 cm³/mol. The van der Waals surface area contributed by atoms with Gasteiger partial charge < -0.3 is 14.6 Å². The molecule has 1 N–H and O–H groups in total. The van der Waals surface area contributed by atoms with Crippen molar-refractivity contribution in [3.05, 3.63) is 28.8 Å². The molecule has 0 aliphatic rings.